The molecule has 0 unspecified atom stereocenters. The Kier molecular flexibility index (Phi) is 6.93. The van der Waals surface area contributed by atoms with E-state index in [1.807, 2.05) is 49.4 Å². The van der Waals surface area contributed by atoms with Crippen molar-refractivity contribution in [3.8, 4) is 11.3 Å². The van der Waals surface area contributed by atoms with Crippen LogP contribution in [0, 0.1) is 6.92 Å². The molecule has 2 aromatic carbocycles. The number of thiocarbonyl (C=S) groups is 1. The number of amides is 1. The molecule has 0 aliphatic carbocycles. The third-order valence-electron chi connectivity index (χ3n) is 5.32. The van der Waals surface area contributed by atoms with Crippen LogP contribution in [0.25, 0.3) is 17.4 Å². The van der Waals surface area contributed by atoms with Crippen LogP contribution >= 0.6 is 23.8 Å². The highest BCUT2D eigenvalue weighted by Crippen LogP contribution is 2.29. The lowest BCUT2D eigenvalue weighted by Crippen LogP contribution is -2.33. The van der Waals surface area contributed by atoms with Crippen molar-refractivity contribution in [3.05, 3.63) is 77.0 Å². The predicted octanol–water partition coefficient (Wildman–Crippen LogP) is 6.04. The Hall–Kier alpha value is -3.09. The Morgan fingerprint density at radius 1 is 1.12 bits per heavy atom. The number of carbonyl (C=O) groups is 1. The average Bonchev–Trinajstić information content (AvgIpc) is 3.47. The fourth-order valence-corrected chi connectivity index (χ4v) is 4.01. The van der Waals surface area contributed by atoms with Crippen molar-refractivity contribution < 1.29 is 9.21 Å². The first-order valence-corrected chi connectivity index (χ1v) is 11.3. The summed E-state index contributed by atoms with van der Waals surface area (Å²) in [6.45, 7) is 4.01. The summed E-state index contributed by atoms with van der Waals surface area (Å²) in [5.41, 5.74) is 3.87. The Labute approximate surface area is 198 Å². The van der Waals surface area contributed by atoms with Gasteiger partial charge in [-0.15, -0.1) is 0 Å². The van der Waals surface area contributed by atoms with E-state index in [2.05, 4.69) is 21.6 Å². The van der Waals surface area contributed by atoms with Gasteiger partial charge >= 0.3 is 0 Å². The zero-order valence-corrected chi connectivity index (χ0v) is 19.3. The van der Waals surface area contributed by atoms with Gasteiger partial charge in [0.1, 0.15) is 11.5 Å². The molecule has 0 saturated carbocycles. The standard InChI is InChI=1S/C25H24ClN3O2S/c1-17-8-9-18(16-20(17)26)23-12-10-19(31-23)11-13-24(30)28-25(32)27-21-6-2-3-7-22(21)29-14-4-5-15-29/h2-3,6-13,16H,4-5,14-15H2,1H3,(H2,27,28,30,32)/b13-11+. The molecule has 1 saturated heterocycles. The van der Waals surface area contributed by atoms with Crippen LogP contribution in [0.15, 0.2) is 65.1 Å². The minimum atomic E-state index is -0.336. The number of anilines is 2. The summed E-state index contributed by atoms with van der Waals surface area (Å²) >= 11 is 11.5. The Bertz CT molecular complexity index is 1170. The van der Waals surface area contributed by atoms with Crippen LogP contribution in [0.5, 0.6) is 0 Å². The SMILES string of the molecule is Cc1ccc(-c2ccc(/C=C/C(=O)NC(=S)Nc3ccccc3N3CCCC3)o2)cc1Cl. The van der Waals surface area contributed by atoms with Gasteiger partial charge in [0, 0.05) is 29.8 Å². The van der Waals surface area contributed by atoms with E-state index < -0.39 is 0 Å². The van der Waals surface area contributed by atoms with Crippen molar-refractivity contribution in [2.45, 2.75) is 19.8 Å². The second kappa shape index (κ2) is 10.0. The van der Waals surface area contributed by atoms with Gasteiger partial charge in [0.25, 0.3) is 0 Å². The third-order valence-corrected chi connectivity index (χ3v) is 5.93. The number of carbonyl (C=O) groups excluding carboxylic acids is 1. The molecule has 0 spiro atoms. The maximum atomic E-state index is 12.3. The molecule has 0 atom stereocenters. The predicted molar refractivity (Wildman–Crippen MR) is 135 cm³/mol. The van der Waals surface area contributed by atoms with Crippen LogP contribution in [-0.2, 0) is 4.79 Å². The highest BCUT2D eigenvalue weighted by atomic mass is 35.5. The first kappa shape index (κ1) is 22.1. The van der Waals surface area contributed by atoms with E-state index in [1.165, 1.54) is 18.9 Å². The molecular weight excluding hydrogens is 442 g/mol. The Balaban J connectivity index is 1.35. The number of rotatable bonds is 5. The number of nitrogens with zero attached hydrogens (tertiary/aromatic N) is 1. The van der Waals surface area contributed by atoms with E-state index in [0.717, 1.165) is 35.6 Å². The number of benzene rings is 2. The minimum absolute atomic E-state index is 0.251. The molecular formula is C25H24ClN3O2S. The van der Waals surface area contributed by atoms with Crippen LogP contribution in [0.4, 0.5) is 11.4 Å². The van der Waals surface area contributed by atoms with Crippen LogP contribution in [0.3, 0.4) is 0 Å². The van der Waals surface area contributed by atoms with Gasteiger partial charge in [0.2, 0.25) is 5.91 Å². The lowest BCUT2D eigenvalue weighted by Gasteiger charge is -2.22. The van der Waals surface area contributed by atoms with E-state index >= 15 is 0 Å². The maximum Gasteiger partial charge on any atom is 0.250 e. The second-order valence-electron chi connectivity index (χ2n) is 7.65. The molecule has 2 heterocycles. The number of hydrogen-bond donors (Lipinski definition) is 2. The van der Waals surface area contributed by atoms with Crippen molar-refractivity contribution in [2.24, 2.45) is 0 Å². The summed E-state index contributed by atoms with van der Waals surface area (Å²) in [6.07, 6.45) is 5.37. The summed E-state index contributed by atoms with van der Waals surface area (Å²) in [7, 11) is 0. The third kappa shape index (κ3) is 5.39. The van der Waals surface area contributed by atoms with Crippen molar-refractivity contribution in [3.63, 3.8) is 0 Å². The molecule has 1 fully saturated rings. The number of nitrogens with one attached hydrogen (secondary N) is 2. The topological polar surface area (TPSA) is 57.5 Å². The Morgan fingerprint density at radius 3 is 2.69 bits per heavy atom. The summed E-state index contributed by atoms with van der Waals surface area (Å²) in [5.74, 6) is 0.908. The molecule has 0 bridgehead atoms. The summed E-state index contributed by atoms with van der Waals surface area (Å²) in [4.78, 5) is 14.6. The molecule has 5 nitrogen and oxygen atoms in total. The molecule has 32 heavy (non-hydrogen) atoms. The highest BCUT2D eigenvalue weighted by Gasteiger charge is 2.16. The second-order valence-corrected chi connectivity index (χ2v) is 8.47. The lowest BCUT2D eigenvalue weighted by atomic mass is 10.1. The van der Waals surface area contributed by atoms with Crippen LogP contribution in [0.2, 0.25) is 5.02 Å². The summed E-state index contributed by atoms with van der Waals surface area (Å²) in [6, 6.07) is 17.4. The number of para-hydroxylation sites is 2. The van der Waals surface area contributed by atoms with Crippen LogP contribution < -0.4 is 15.5 Å². The Morgan fingerprint density at radius 2 is 1.91 bits per heavy atom. The fourth-order valence-electron chi connectivity index (χ4n) is 3.62. The summed E-state index contributed by atoms with van der Waals surface area (Å²) in [5, 5.41) is 6.76. The lowest BCUT2D eigenvalue weighted by molar-refractivity contribution is -0.115. The van der Waals surface area contributed by atoms with Gasteiger partial charge in [-0.05, 0) is 74.0 Å². The molecule has 3 aromatic rings. The van der Waals surface area contributed by atoms with Gasteiger partial charge in [0.15, 0.2) is 5.11 Å². The van der Waals surface area contributed by atoms with Crippen molar-refractivity contribution in [1.82, 2.24) is 5.32 Å². The monoisotopic (exact) mass is 465 g/mol. The van der Waals surface area contributed by atoms with Gasteiger partial charge in [-0.2, -0.15) is 0 Å². The van der Waals surface area contributed by atoms with Crippen molar-refractivity contribution in [1.29, 1.82) is 0 Å². The fraction of sp³-hybridized carbons (Fsp3) is 0.200. The molecule has 1 aromatic heterocycles. The molecule has 2 N–H and O–H groups in total. The highest BCUT2D eigenvalue weighted by molar-refractivity contribution is 7.80. The maximum absolute atomic E-state index is 12.3. The van der Waals surface area contributed by atoms with Crippen LogP contribution in [0.1, 0.15) is 24.2 Å². The molecule has 1 aliphatic rings. The van der Waals surface area contributed by atoms with Gasteiger partial charge in [-0.1, -0.05) is 35.9 Å². The molecule has 7 heteroatoms. The van der Waals surface area contributed by atoms with E-state index in [-0.39, 0.29) is 11.0 Å². The van der Waals surface area contributed by atoms with Crippen molar-refractivity contribution in [2.75, 3.05) is 23.3 Å². The van der Waals surface area contributed by atoms with Gasteiger partial charge in [-0.3, -0.25) is 10.1 Å². The molecule has 1 aliphatic heterocycles. The quantitative estimate of drug-likeness (QED) is 0.355. The van der Waals surface area contributed by atoms with Crippen molar-refractivity contribution >= 4 is 52.3 Å². The largest absolute Gasteiger partial charge is 0.457 e. The molecule has 1 amide bonds. The van der Waals surface area contributed by atoms with Gasteiger partial charge in [-0.25, -0.2) is 0 Å². The normalized spacial score (nSPS) is 13.5. The molecule has 4 rings (SSSR count). The van der Waals surface area contributed by atoms with Gasteiger partial charge in [0.05, 0.1) is 11.4 Å². The van der Waals surface area contributed by atoms with E-state index in [0.29, 0.717) is 16.5 Å². The van der Waals surface area contributed by atoms with E-state index in [4.69, 9.17) is 28.2 Å². The van der Waals surface area contributed by atoms with E-state index in [1.54, 1.807) is 12.1 Å². The van der Waals surface area contributed by atoms with Gasteiger partial charge < -0.3 is 14.6 Å². The zero-order chi connectivity index (χ0) is 22.5. The number of hydrogen-bond acceptors (Lipinski definition) is 4. The first-order valence-electron chi connectivity index (χ1n) is 10.5. The molecule has 164 valence electrons. The van der Waals surface area contributed by atoms with Crippen LogP contribution in [-0.4, -0.2) is 24.1 Å². The minimum Gasteiger partial charge on any atom is -0.457 e. The van der Waals surface area contributed by atoms with E-state index in [9.17, 15) is 4.79 Å². The smallest absolute Gasteiger partial charge is 0.250 e. The number of aryl methyl sites for hydroxylation is 1. The first-order chi connectivity index (χ1) is 15.5. The number of halogens is 1. The molecule has 0 radical (unpaired) electrons. The summed E-state index contributed by atoms with van der Waals surface area (Å²) < 4.78 is 5.81. The number of furan rings is 1. The zero-order valence-electron chi connectivity index (χ0n) is 17.7. The average molecular weight is 466 g/mol.